The number of hydrogen-bond donors (Lipinski definition) is 1. The zero-order valence-electron chi connectivity index (χ0n) is 7.44. The molecule has 4 nitrogen and oxygen atoms in total. The standard InChI is InChI=1S/C9H13N3O/c10-6-7-4-5-11-12-9(7)13-8-2-1-3-8/h4-5,8H,1-3,6,10H2. The number of nitrogens with zero attached hydrogens (tertiary/aromatic N) is 2. The summed E-state index contributed by atoms with van der Waals surface area (Å²) in [7, 11) is 0. The minimum atomic E-state index is 0.335. The molecule has 2 N–H and O–H groups in total. The molecule has 0 spiro atoms. The average Bonchev–Trinajstić information content (AvgIpc) is 2.12. The van der Waals surface area contributed by atoms with Gasteiger partial charge in [0.15, 0.2) is 0 Å². The molecule has 4 heteroatoms. The van der Waals surface area contributed by atoms with Crippen LogP contribution in [0.2, 0.25) is 0 Å². The molecular weight excluding hydrogens is 166 g/mol. The topological polar surface area (TPSA) is 61.0 Å². The monoisotopic (exact) mass is 179 g/mol. The summed E-state index contributed by atoms with van der Waals surface area (Å²) in [4.78, 5) is 0. The molecule has 0 bridgehead atoms. The lowest BCUT2D eigenvalue weighted by molar-refractivity contribution is 0.112. The Morgan fingerprint density at radius 3 is 3.00 bits per heavy atom. The van der Waals surface area contributed by atoms with Crippen LogP contribution in [-0.2, 0) is 6.54 Å². The maximum atomic E-state index is 5.62. The maximum absolute atomic E-state index is 5.62. The van der Waals surface area contributed by atoms with Crippen LogP contribution in [0.4, 0.5) is 0 Å². The minimum Gasteiger partial charge on any atom is -0.473 e. The summed E-state index contributed by atoms with van der Waals surface area (Å²) < 4.78 is 5.62. The van der Waals surface area contributed by atoms with Gasteiger partial charge < -0.3 is 10.5 Å². The van der Waals surface area contributed by atoms with Crippen LogP contribution in [0.5, 0.6) is 5.88 Å². The van der Waals surface area contributed by atoms with E-state index < -0.39 is 0 Å². The molecule has 0 amide bonds. The van der Waals surface area contributed by atoms with Crippen LogP contribution >= 0.6 is 0 Å². The summed E-state index contributed by atoms with van der Waals surface area (Å²) in [6.45, 7) is 0.456. The van der Waals surface area contributed by atoms with Crippen LogP contribution in [0.25, 0.3) is 0 Å². The Balaban J connectivity index is 2.08. The van der Waals surface area contributed by atoms with Crippen molar-refractivity contribution in [1.82, 2.24) is 10.2 Å². The van der Waals surface area contributed by atoms with Crippen LogP contribution in [0.1, 0.15) is 24.8 Å². The summed E-state index contributed by atoms with van der Waals surface area (Å²) in [6, 6.07) is 1.85. The van der Waals surface area contributed by atoms with E-state index in [4.69, 9.17) is 10.5 Å². The Hall–Kier alpha value is -1.16. The van der Waals surface area contributed by atoms with Crippen LogP contribution in [0.15, 0.2) is 12.3 Å². The van der Waals surface area contributed by atoms with Gasteiger partial charge in [-0.3, -0.25) is 0 Å². The van der Waals surface area contributed by atoms with Gasteiger partial charge in [-0.25, -0.2) is 0 Å². The molecule has 1 heterocycles. The Labute approximate surface area is 77.1 Å². The van der Waals surface area contributed by atoms with Crippen LogP contribution in [0.3, 0.4) is 0 Å². The SMILES string of the molecule is NCc1ccnnc1OC1CCC1. The second-order valence-electron chi connectivity index (χ2n) is 3.24. The van der Waals surface area contributed by atoms with Gasteiger partial charge in [-0.15, -0.1) is 5.10 Å². The van der Waals surface area contributed by atoms with Crippen LogP contribution in [-0.4, -0.2) is 16.3 Å². The molecule has 0 aliphatic heterocycles. The third kappa shape index (κ3) is 1.78. The van der Waals surface area contributed by atoms with Crippen molar-refractivity contribution in [2.45, 2.75) is 31.9 Å². The van der Waals surface area contributed by atoms with Crippen LogP contribution in [0, 0.1) is 0 Å². The molecule has 13 heavy (non-hydrogen) atoms. The van der Waals surface area contributed by atoms with E-state index in [-0.39, 0.29) is 0 Å². The number of nitrogens with two attached hydrogens (primary N) is 1. The van der Waals surface area contributed by atoms with Crippen molar-refractivity contribution >= 4 is 0 Å². The number of rotatable bonds is 3. The van der Waals surface area contributed by atoms with E-state index >= 15 is 0 Å². The summed E-state index contributed by atoms with van der Waals surface area (Å²) >= 11 is 0. The first-order chi connectivity index (χ1) is 6.40. The highest BCUT2D eigenvalue weighted by molar-refractivity contribution is 5.23. The minimum absolute atomic E-state index is 0.335. The second kappa shape index (κ2) is 3.70. The zero-order valence-corrected chi connectivity index (χ0v) is 7.44. The van der Waals surface area contributed by atoms with Crippen molar-refractivity contribution in [3.63, 3.8) is 0 Å². The van der Waals surface area contributed by atoms with E-state index in [9.17, 15) is 0 Å². The molecule has 0 atom stereocenters. The first-order valence-corrected chi connectivity index (χ1v) is 4.57. The fourth-order valence-electron chi connectivity index (χ4n) is 1.25. The predicted molar refractivity (Wildman–Crippen MR) is 48.2 cm³/mol. The molecule has 0 saturated heterocycles. The zero-order chi connectivity index (χ0) is 9.10. The predicted octanol–water partition coefficient (Wildman–Crippen LogP) is 0.867. The summed E-state index contributed by atoms with van der Waals surface area (Å²) in [5.74, 6) is 0.606. The van der Waals surface area contributed by atoms with Gasteiger partial charge in [-0.2, -0.15) is 5.10 Å². The first-order valence-electron chi connectivity index (χ1n) is 4.57. The van der Waals surface area contributed by atoms with Gasteiger partial charge in [0.2, 0.25) is 5.88 Å². The van der Waals surface area contributed by atoms with E-state index in [2.05, 4.69) is 10.2 Å². The van der Waals surface area contributed by atoms with Gasteiger partial charge >= 0.3 is 0 Å². The molecule has 0 radical (unpaired) electrons. The van der Waals surface area contributed by atoms with Crippen molar-refractivity contribution in [1.29, 1.82) is 0 Å². The van der Waals surface area contributed by atoms with E-state index in [1.54, 1.807) is 6.20 Å². The third-order valence-electron chi connectivity index (χ3n) is 2.32. The largest absolute Gasteiger partial charge is 0.473 e. The summed E-state index contributed by atoms with van der Waals surface area (Å²) in [6.07, 6.45) is 5.47. The molecule has 1 aliphatic rings. The van der Waals surface area contributed by atoms with Crippen molar-refractivity contribution in [2.75, 3.05) is 0 Å². The van der Waals surface area contributed by atoms with Crippen molar-refractivity contribution < 1.29 is 4.74 Å². The molecule has 70 valence electrons. The highest BCUT2D eigenvalue weighted by Crippen LogP contribution is 2.25. The quantitative estimate of drug-likeness (QED) is 0.747. The van der Waals surface area contributed by atoms with Gasteiger partial charge in [-0.05, 0) is 25.3 Å². The number of ether oxygens (including phenoxy) is 1. The average molecular weight is 179 g/mol. The number of aromatic nitrogens is 2. The molecule has 1 aliphatic carbocycles. The first kappa shape index (κ1) is 8.44. The van der Waals surface area contributed by atoms with Crippen molar-refractivity contribution in [2.24, 2.45) is 5.73 Å². The summed E-state index contributed by atoms with van der Waals surface area (Å²) in [5, 5.41) is 7.69. The van der Waals surface area contributed by atoms with Gasteiger partial charge in [0.05, 0.1) is 6.20 Å². The van der Waals surface area contributed by atoms with Crippen LogP contribution < -0.4 is 10.5 Å². The van der Waals surface area contributed by atoms with Gasteiger partial charge in [0.1, 0.15) is 6.10 Å². The smallest absolute Gasteiger partial charge is 0.238 e. The lowest BCUT2D eigenvalue weighted by atomic mass is 9.96. The Morgan fingerprint density at radius 2 is 2.38 bits per heavy atom. The Bertz CT molecular complexity index is 286. The number of hydrogen-bond acceptors (Lipinski definition) is 4. The third-order valence-corrected chi connectivity index (χ3v) is 2.32. The van der Waals surface area contributed by atoms with Gasteiger partial charge in [0, 0.05) is 12.1 Å². The highest BCUT2D eigenvalue weighted by atomic mass is 16.5. The lowest BCUT2D eigenvalue weighted by Gasteiger charge is -2.26. The molecule has 1 fully saturated rings. The molecule has 1 saturated carbocycles. The van der Waals surface area contributed by atoms with E-state index in [1.807, 2.05) is 6.07 Å². The van der Waals surface area contributed by atoms with Crippen molar-refractivity contribution in [3.8, 4) is 5.88 Å². The molecule has 0 aromatic carbocycles. The van der Waals surface area contributed by atoms with Crippen molar-refractivity contribution in [3.05, 3.63) is 17.8 Å². The fourth-order valence-corrected chi connectivity index (χ4v) is 1.25. The van der Waals surface area contributed by atoms with E-state index in [1.165, 1.54) is 6.42 Å². The van der Waals surface area contributed by atoms with E-state index in [0.717, 1.165) is 18.4 Å². The lowest BCUT2D eigenvalue weighted by Crippen LogP contribution is -2.25. The summed E-state index contributed by atoms with van der Waals surface area (Å²) in [5.41, 5.74) is 6.47. The molecule has 2 rings (SSSR count). The van der Waals surface area contributed by atoms with Gasteiger partial charge in [0.25, 0.3) is 0 Å². The highest BCUT2D eigenvalue weighted by Gasteiger charge is 2.20. The fraction of sp³-hybridized carbons (Fsp3) is 0.556. The molecular formula is C9H13N3O. The Kier molecular flexibility index (Phi) is 2.40. The molecule has 1 aromatic heterocycles. The molecule has 0 unspecified atom stereocenters. The molecule has 1 aromatic rings. The second-order valence-corrected chi connectivity index (χ2v) is 3.24. The normalized spacial score (nSPS) is 16.7. The Morgan fingerprint density at radius 1 is 1.54 bits per heavy atom. The van der Waals surface area contributed by atoms with E-state index in [0.29, 0.717) is 18.5 Å². The van der Waals surface area contributed by atoms with Gasteiger partial charge in [-0.1, -0.05) is 0 Å². The maximum Gasteiger partial charge on any atom is 0.238 e.